The molecule has 1 heterocycles. The second-order valence-electron chi connectivity index (χ2n) is 6.47. The molecule has 0 aliphatic heterocycles. The van der Waals surface area contributed by atoms with Gasteiger partial charge in [-0.25, -0.2) is 9.78 Å². The quantitative estimate of drug-likeness (QED) is 0.257. The standard InChI is InChI=1S/C24H17Cl2NO3/c25-19-9-3-1-8-17(19)22-15-18(16-7-2-5-11-21(16)27-22)24(28)30-14-13-29-23-12-6-4-10-20(23)26/h1-12,15H,13-14H2. The van der Waals surface area contributed by atoms with E-state index in [1.807, 2.05) is 54.6 Å². The van der Waals surface area contributed by atoms with Crippen LogP contribution in [0.15, 0.2) is 78.9 Å². The summed E-state index contributed by atoms with van der Waals surface area (Å²) in [5.41, 5.74) is 2.47. The van der Waals surface area contributed by atoms with Crippen LogP contribution in [0.3, 0.4) is 0 Å². The van der Waals surface area contributed by atoms with E-state index in [4.69, 9.17) is 32.7 Å². The maximum Gasteiger partial charge on any atom is 0.339 e. The summed E-state index contributed by atoms with van der Waals surface area (Å²) in [4.78, 5) is 17.5. The van der Waals surface area contributed by atoms with E-state index in [-0.39, 0.29) is 13.2 Å². The Labute approximate surface area is 184 Å². The number of aromatic nitrogens is 1. The van der Waals surface area contributed by atoms with Gasteiger partial charge in [0.1, 0.15) is 19.0 Å². The Bertz CT molecular complexity index is 1210. The van der Waals surface area contributed by atoms with Crippen molar-refractivity contribution in [2.45, 2.75) is 0 Å². The van der Waals surface area contributed by atoms with Gasteiger partial charge in [0.15, 0.2) is 0 Å². The Hall–Kier alpha value is -3.08. The van der Waals surface area contributed by atoms with Crippen LogP contribution in [0, 0.1) is 0 Å². The third-order valence-corrected chi connectivity index (χ3v) is 5.14. The molecule has 4 aromatic rings. The summed E-state index contributed by atoms with van der Waals surface area (Å²) >= 11 is 12.4. The second-order valence-corrected chi connectivity index (χ2v) is 7.28. The lowest BCUT2D eigenvalue weighted by molar-refractivity contribution is 0.0453. The Morgan fingerprint density at radius 2 is 1.53 bits per heavy atom. The minimum absolute atomic E-state index is 0.0854. The zero-order valence-corrected chi connectivity index (χ0v) is 17.4. The summed E-state index contributed by atoms with van der Waals surface area (Å²) in [6.45, 7) is 0.276. The minimum atomic E-state index is -0.454. The molecule has 0 radical (unpaired) electrons. The van der Waals surface area contributed by atoms with E-state index < -0.39 is 5.97 Å². The van der Waals surface area contributed by atoms with Crippen LogP contribution in [0.4, 0.5) is 0 Å². The van der Waals surface area contributed by atoms with Crippen LogP contribution in [0.25, 0.3) is 22.2 Å². The van der Waals surface area contributed by atoms with Crippen LogP contribution < -0.4 is 4.74 Å². The molecule has 30 heavy (non-hydrogen) atoms. The number of esters is 1. The molecule has 1 aromatic heterocycles. The first-order valence-electron chi connectivity index (χ1n) is 9.32. The summed E-state index contributed by atoms with van der Waals surface area (Å²) in [5, 5.41) is 1.78. The van der Waals surface area contributed by atoms with E-state index in [0.717, 1.165) is 5.56 Å². The first-order valence-corrected chi connectivity index (χ1v) is 10.1. The Kier molecular flexibility index (Phi) is 6.17. The lowest BCUT2D eigenvalue weighted by Gasteiger charge is -2.12. The molecule has 0 fully saturated rings. The number of pyridine rings is 1. The van der Waals surface area contributed by atoms with Gasteiger partial charge in [0.2, 0.25) is 0 Å². The number of benzene rings is 3. The fourth-order valence-corrected chi connectivity index (χ4v) is 3.50. The number of hydrogen-bond donors (Lipinski definition) is 0. The molecule has 0 N–H and O–H groups in total. The van der Waals surface area contributed by atoms with Gasteiger partial charge in [-0.3, -0.25) is 0 Å². The molecule has 0 bridgehead atoms. The number of halogens is 2. The van der Waals surface area contributed by atoms with Crippen LogP contribution in [0.5, 0.6) is 5.75 Å². The highest BCUT2D eigenvalue weighted by Gasteiger charge is 2.16. The van der Waals surface area contributed by atoms with Gasteiger partial charge >= 0.3 is 5.97 Å². The van der Waals surface area contributed by atoms with Crippen molar-refractivity contribution in [3.05, 3.63) is 94.5 Å². The number of hydrogen-bond acceptors (Lipinski definition) is 4. The average molecular weight is 438 g/mol. The molecule has 3 aromatic carbocycles. The van der Waals surface area contributed by atoms with Crippen molar-refractivity contribution in [2.75, 3.05) is 13.2 Å². The van der Waals surface area contributed by atoms with Gasteiger partial charge in [0.05, 0.1) is 21.8 Å². The monoisotopic (exact) mass is 437 g/mol. The molecule has 0 saturated carbocycles. The van der Waals surface area contributed by atoms with Gasteiger partial charge in [-0.05, 0) is 30.3 Å². The molecule has 0 unspecified atom stereocenters. The van der Waals surface area contributed by atoms with Crippen LogP contribution in [-0.2, 0) is 4.74 Å². The van der Waals surface area contributed by atoms with Crippen molar-refractivity contribution in [3.63, 3.8) is 0 Å². The molecule has 0 amide bonds. The van der Waals surface area contributed by atoms with E-state index in [2.05, 4.69) is 4.98 Å². The van der Waals surface area contributed by atoms with Crippen LogP contribution in [0.1, 0.15) is 10.4 Å². The summed E-state index contributed by atoms with van der Waals surface area (Å²) in [6.07, 6.45) is 0. The van der Waals surface area contributed by atoms with Crippen molar-refractivity contribution < 1.29 is 14.3 Å². The molecule has 6 heteroatoms. The highest BCUT2D eigenvalue weighted by molar-refractivity contribution is 6.33. The zero-order valence-electron chi connectivity index (χ0n) is 15.8. The van der Waals surface area contributed by atoms with Gasteiger partial charge in [0, 0.05) is 16.0 Å². The van der Waals surface area contributed by atoms with E-state index in [0.29, 0.717) is 38.0 Å². The first-order chi connectivity index (χ1) is 14.6. The number of carbonyl (C=O) groups excluding carboxylic acids is 1. The molecule has 0 spiro atoms. The van der Waals surface area contributed by atoms with Crippen molar-refractivity contribution in [2.24, 2.45) is 0 Å². The average Bonchev–Trinajstić information content (AvgIpc) is 2.77. The van der Waals surface area contributed by atoms with Crippen LogP contribution in [-0.4, -0.2) is 24.2 Å². The molecular weight excluding hydrogens is 421 g/mol. The summed E-state index contributed by atoms with van der Waals surface area (Å²) in [6, 6.07) is 23.7. The number of nitrogens with zero attached hydrogens (tertiary/aromatic N) is 1. The summed E-state index contributed by atoms with van der Waals surface area (Å²) < 4.78 is 11.0. The highest BCUT2D eigenvalue weighted by Crippen LogP contribution is 2.30. The lowest BCUT2D eigenvalue weighted by atomic mass is 10.0. The summed E-state index contributed by atoms with van der Waals surface area (Å²) in [7, 11) is 0. The van der Waals surface area contributed by atoms with Gasteiger partial charge < -0.3 is 9.47 Å². The number of carbonyl (C=O) groups is 1. The second kappa shape index (κ2) is 9.16. The van der Waals surface area contributed by atoms with Crippen LogP contribution in [0.2, 0.25) is 10.0 Å². The van der Waals surface area contributed by atoms with Crippen molar-refractivity contribution in [3.8, 4) is 17.0 Å². The lowest BCUT2D eigenvalue weighted by Crippen LogP contribution is -2.13. The van der Waals surface area contributed by atoms with Crippen molar-refractivity contribution in [1.29, 1.82) is 0 Å². The molecule has 0 aliphatic carbocycles. The Balaban J connectivity index is 1.56. The fourth-order valence-electron chi connectivity index (χ4n) is 3.08. The van der Waals surface area contributed by atoms with E-state index in [9.17, 15) is 4.79 Å². The van der Waals surface area contributed by atoms with E-state index >= 15 is 0 Å². The van der Waals surface area contributed by atoms with E-state index in [1.165, 1.54) is 0 Å². The predicted molar refractivity (Wildman–Crippen MR) is 119 cm³/mol. The number of ether oxygens (including phenoxy) is 2. The number of rotatable bonds is 6. The molecule has 150 valence electrons. The molecule has 4 rings (SSSR count). The predicted octanol–water partition coefficient (Wildman–Crippen LogP) is 6.44. The highest BCUT2D eigenvalue weighted by atomic mass is 35.5. The van der Waals surface area contributed by atoms with Gasteiger partial charge in [-0.2, -0.15) is 0 Å². The Morgan fingerprint density at radius 3 is 2.33 bits per heavy atom. The number of fused-ring (bicyclic) bond motifs is 1. The smallest absolute Gasteiger partial charge is 0.339 e. The molecular formula is C24H17Cl2NO3. The number of para-hydroxylation sites is 2. The fraction of sp³-hybridized carbons (Fsp3) is 0.0833. The maximum absolute atomic E-state index is 12.8. The van der Waals surface area contributed by atoms with Crippen molar-refractivity contribution >= 4 is 40.1 Å². The minimum Gasteiger partial charge on any atom is -0.488 e. The molecule has 0 atom stereocenters. The molecule has 4 nitrogen and oxygen atoms in total. The third kappa shape index (κ3) is 4.40. The van der Waals surface area contributed by atoms with E-state index in [1.54, 1.807) is 24.3 Å². The van der Waals surface area contributed by atoms with Gasteiger partial charge in [-0.1, -0.05) is 71.7 Å². The van der Waals surface area contributed by atoms with Crippen molar-refractivity contribution in [1.82, 2.24) is 4.98 Å². The Morgan fingerprint density at radius 1 is 0.833 bits per heavy atom. The third-order valence-electron chi connectivity index (χ3n) is 4.50. The first kappa shape index (κ1) is 20.2. The van der Waals surface area contributed by atoms with Gasteiger partial charge in [-0.15, -0.1) is 0 Å². The zero-order chi connectivity index (χ0) is 20.9. The largest absolute Gasteiger partial charge is 0.488 e. The SMILES string of the molecule is O=C(OCCOc1ccccc1Cl)c1cc(-c2ccccc2Cl)nc2ccccc12. The topological polar surface area (TPSA) is 48.4 Å². The maximum atomic E-state index is 12.8. The van der Waals surface area contributed by atoms with Crippen LogP contribution >= 0.6 is 23.2 Å². The normalized spacial score (nSPS) is 10.7. The molecule has 0 saturated heterocycles. The summed E-state index contributed by atoms with van der Waals surface area (Å²) in [5.74, 6) is 0.0928. The van der Waals surface area contributed by atoms with Gasteiger partial charge in [0.25, 0.3) is 0 Å². The molecule has 0 aliphatic rings.